The van der Waals surface area contributed by atoms with Crippen molar-refractivity contribution in [3.05, 3.63) is 59.7 Å². The molecule has 3 N–H and O–H groups in total. The van der Waals surface area contributed by atoms with E-state index in [1.807, 2.05) is 0 Å². The zero-order valence-electron chi connectivity index (χ0n) is 16.6. The van der Waals surface area contributed by atoms with Crippen molar-refractivity contribution in [3.63, 3.8) is 0 Å². The molecular formula is C22H23N3O5. The Morgan fingerprint density at radius 3 is 2.70 bits per heavy atom. The molecular weight excluding hydrogens is 386 g/mol. The van der Waals surface area contributed by atoms with Crippen LogP contribution in [0.15, 0.2) is 48.5 Å². The Kier molecular flexibility index (Phi) is 5.41. The number of benzene rings is 2. The molecule has 8 heteroatoms. The molecule has 0 unspecified atom stereocenters. The van der Waals surface area contributed by atoms with E-state index in [-0.39, 0.29) is 12.0 Å². The van der Waals surface area contributed by atoms with E-state index in [1.54, 1.807) is 55.5 Å². The Morgan fingerprint density at radius 1 is 1.23 bits per heavy atom. The lowest BCUT2D eigenvalue weighted by atomic mass is 9.92. The average Bonchev–Trinajstić information content (AvgIpc) is 3.35. The molecule has 2 aromatic rings. The van der Waals surface area contributed by atoms with Crippen LogP contribution < -0.4 is 20.7 Å². The minimum atomic E-state index is -1.18. The minimum Gasteiger partial charge on any atom is -0.491 e. The Labute approximate surface area is 173 Å². The molecule has 2 saturated heterocycles. The predicted octanol–water partition coefficient (Wildman–Crippen LogP) is 2.55. The van der Waals surface area contributed by atoms with Crippen LogP contribution in [-0.2, 0) is 15.1 Å². The first-order valence-electron chi connectivity index (χ1n) is 9.84. The van der Waals surface area contributed by atoms with Gasteiger partial charge in [0.1, 0.15) is 17.9 Å². The summed E-state index contributed by atoms with van der Waals surface area (Å²) in [5.74, 6) is -0.0441. The summed E-state index contributed by atoms with van der Waals surface area (Å²) in [4.78, 5) is 36.2. The number of ether oxygens (including phenoxy) is 2. The molecule has 0 spiro atoms. The van der Waals surface area contributed by atoms with Gasteiger partial charge >= 0.3 is 6.03 Å². The highest BCUT2D eigenvalue weighted by atomic mass is 16.5. The summed E-state index contributed by atoms with van der Waals surface area (Å²) in [6.07, 6.45) is 2.20. The number of carbonyl (C=O) groups excluding carboxylic acids is 3. The van der Waals surface area contributed by atoms with Crippen LogP contribution in [-0.4, -0.2) is 37.2 Å². The molecule has 8 nitrogen and oxygen atoms in total. The molecule has 0 radical (unpaired) electrons. The maximum atomic E-state index is 12.6. The van der Waals surface area contributed by atoms with Crippen molar-refractivity contribution in [1.29, 1.82) is 0 Å². The van der Waals surface area contributed by atoms with E-state index in [9.17, 15) is 14.4 Å². The van der Waals surface area contributed by atoms with Gasteiger partial charge < -0.3 is 20.1 Å². The largest absolute Gasteiger partial charge is 0.491 e. The maximum absolute atomic E-state index is 12.6. The van der Waals surface area contributed by atoms with E-state index < -0.39 is 17.5 Å². The molecule has 2 fully saturated rings. The number of urea groups is 1. The van der Waals surface area contributed by atoms with E-state index >= 15 is 0 Å². The number of hydrogen-bond donors (Lipinski definition) is 3. The van der Waals surface area contributed by atoms with Gasteiger partial charge in [-0.2, -0.15) is 0 Å². The SMILES string of the molecule is C[C@@]1(c2cccc(NC(=O)c3ccc(OC[C@@H]4CCCO4)cc3)c2)NC(=O)NC1=O. The fraction of sp³-hybridized carbons (Fsp3) is 0.318. The lowest BCUT2D eigenvalue weighted by molar-refractivity contribution is -0.123. The van der Waals surface area contributed by atoms with Crippen LogP contribution in [0.3, 0.4) is 0 Å². The summed E-state index contributed by atoms with van der Waals surface area (Å²) in [6.45, 7) is 2.90. The summed E-state index contributed by atoms with van der Waals surface area (Å²) in [6, 6.07) is 13.2. The number of carbonyl (C=O) groups is 3. The molecule has 2 heterocycles. The molecule has 30 heavy (non-hydrogen) atoms. The van der Waals surface area contributed by atoms with E-state index in [0.717, 1.165) is 19.4 Å². The van der Waals surface area contributed by atoms with E-state index in [1.165, 1.54) is 0 Å². The van der Waals surface area contributed by atoms with Crippen molar-refractivity contribution >= 4 is 23.5 Å². The van der Waals surface area contributed by atoms with Crippen LogP contribution in [0.25, 0.3) is 0 Å². The van der Waals surface area contributed by atoms with Gasteiger partial charge in [0.15, 0.2) is 0 Å². The molecule has 2 aliphatic heterocycles. The van der Waals surface area contributed by atoms with Gasteiger partial charge in [-0.1, -0.05) is 12.1 Å². The first kappa shape index (κ1) is 19.9. The number of anilines is 1. The lowest BCUT2D eigenvalue weighted by Crippen LogP contribution is -2.40. The van der Waals surface area contributed by atoms with Gasteiger partial charge in [-0.05, 0) is 61.7 Å². The number of hydrogen-bond acceptors (Lipinski definition) is 5. The Hall–Kier alpha value is -3.39. The molecule has 156 valence electrons. The smallest absolute Gasteiger partial charge is 0.322 e. The van der Waals surface area contributed by atoms with E-state index in [0.29, 0.717) is 29.2 Å². The van der Waals surface area contributed by atoms with E-state index in [2.05, 4.69) is 16.0 Å². The standard InChI is InChI=1S/C22H23N3O5/c1-22(20(27)24-21(28)25-22)15-4-2-5-16(12-15)23-19(26)14-7-9-17(10-8-14)30-13-18-6-3-11-29-18/h2,4-5,7-10,12,18H,3,6,11,13H2,1H3,(H,23,26)(H2,24,25,27,28)/t18-,22-/m0/s1. The molecule has 4 rings (SSSR count). The molecule has 0 saturated carbocycles. The number of rotatable bonds is 6. The summed E-state index contributed by atoms with van der Waals surface area (Å²) in [5, 5.41) is 7.66. The van der Waals surface area contributed by atoms with Gasteiger partial charge in [-0.15, -0.1) is 0 Å². The highest BCUT2D eigenvalue weighted by molar-refractivity contribution is 6.07. The third-order valence-corrected chi connectivity index (χ3v) is 5.32. The van der Waals surface area contributed by atoms with Crippen LogP contribution >= 0.6 is 0 Å². The highest BCUT2D eigenvalue weighted by Gasteiger charge is 2.43. The summed E-state index contributed by atoms with van der Waals surface area (Å²) in [5.41, 5.74) is 0.385. The second-order valence-corrected chi connectivity index (χ2v) is 7.54. The fourth-order valence-corrected chi connectivity index (χ4v) is 3.53. The molecule has 0 aliphatic carbocycles. The third-order valence-electron chi connectivity index (χ3n) is 5.32. The lowest BCUT2D eigenvalue weighted by Gasteiger charge is -2.21. The van der Waals surface area contributed by atoms with Crippen LogP contribution in [0.2, 0.25) is 0 Å². The summed E-state index contributed by atoms with van der Waals surface area (Å²) in [7, 11) is 0. The second-order valence-electron chi connectivity index (χ2n) is 7.54. The Balaban J connectivity index is 1.40. The van der Waals surface area contributed by atoms with Crippen molar-refractivity contribution in [2.75, 3.05) is 18.5 Å². The predicted molar refractivity (Wildman–Crippen MR) is 109 cm³/mol. The first-order chi connectivity index (χ1) is 14.4. The maximum Gasteiger partial charge on any atom is 0.322 e. The van der Waals surface area contributed by atoms with Crippen molar-refractivity contribution < 1.29 is 23.9 Å². The molecule has 2 aromatic carbocycles. The van der Waals surface area contributed by atoms with Gasteiger partial charge in [0.25, 0.3) is 11.8 Å². The monoisotopic (exact) mass is 409 g/mol. The molecule has 2 atom stereocenters. The van der Waals surface area contributed by atoms with Gasteiger partial charge in [0, 0.05) is 17.9 Å². The molecule has 0 aromatic heterocycles. The Bertz CT molecular complexity index is 969. The van der Waals surface area contributed by atoms with Crippen molar-refractivity contribution in [3.8, 4) is 5.75 Å². The summed E-state index contributed by atoms with van der Waals surface area (Å²) < 4.78 is 11.2. The van der Waals surface area contributed by atoms with E-state index in [4.69, 9.17) is 9.47 Å². The van der Waals surface area contributed by atoms with Gasteiger partial charge in [-0.3, -0.25) is 14.9 Å². The van der Waals surface area contributed by atoms with Crippen LogP contribution in [0.5, 0.6) is 5.75 Å². The molecule has 0 bridgehead atoms. The van der Waals surface area contributed by atoms with Crippen LogP contribution in [0.4, 0.5) is 10.5 Å². The fourth-order valence-electron chi connectivity index (χ4n) is 3.53. The van der Waals surface area contributed by atoms with Crippen molar-refractivity contribution in [2.45, 2.75) is 31.4 Å². The average molecular weight is 409 g/mol. The van der Waals surface area contributed by atoms with Crippen molar-refractivity contribution in [1.82, 2.24) is 10.6 Å². The third kappa shape index (κ3) is 4.13. The number of amides is 4. The van der Waals surface area contributed by atoms with Crippen molar-refractivity contribution in [2.24, 2.45) is 0 Å². The van der Waals surface area contributed by atoms with Gasteiger partial charge in [0.2, 0.25) is 0 Å². The van der Waals surface area contributed by atoms with Gasteiger partial charge in [0.05, 0.1) is 6.10 Å². The summed E-state index contributed by atoms with van der Waals surface area (Å²) >= 11 is 0. The molecule has 2 aliphatic rings. The first-order valence-corrected chi connectivity index (χ1v) is 9.84. The Morgan fingerprint density at radius 2 is 2.03 bits per heavy atom. The topological polar surface area (TPSA) is 106 Å². The van der Waals surface area contributed by atoms with Crippen LogP contribution in [0, 0.1) is 0 Å². The zero-order valence-corrected chi connectivity index (χ0v) is 16.6. The normalized spacial score (nSPS) is 23.0. The van der Waals surface area contributed by atoms with Gasteiger partial charge in [-0.25, -0.2) is 4.79 Å². The quantitative estimate of drug-likeness (QED) is 0.636. The number of nitrogens with one attached hydrogen (secondary N) is 3. The zero-order chi connectivity index (χ0) is 21.1. The molecule has 4 amide bonds. The highest BCUT2D eigenvalue weighted by Crippen LogP contribution is 2.27. The minimum absolute atomic E-state index is 0.133. The second kappa shape index (κ2) is 8.16. The number of imide groups is 1. The van der Waals surface area contributed by atoms with Crippen LogP contribution in [0.1, 0.15) is 35.7 Å².